The molecule has 1 nitrogen and oxygen atoms in total. The first-order chi connectivity index (χ1) is 9.17. The van der Waals surface area contributed by atoms with Gasteiger partial charge in [0.05, 0.1) is 5.69 Å². The highest BCUT2D eigenvalue weighted by Crippen LogP contribution is 2.33. The number of anilines is 2. The minimum absolute atomic E-state index is 0.232. The normalized spacial score (nSPS) is 10.5. The molecule has 100 valence electrons. The Bertz CT molecular complexity index is 574. The maximum absolute atomic E-state index is 14.0. The number of hydrogen-bond donors (Lipinski definition) is 0. The van der Waals surface area contributed by atoms with E-state index in [9.17, 15) is 4.39 Å². The van der Waals surface area contributed by atoms with Crippen molar-refractivity contribution in [3.05, 3.63) is 58.9 Å². The van der Waals surface area contributed by atoms with Crippen molar-refractivity contribution in [2.75, 3.05) is 11.4 Å². The molecule has 0 unspecified atom stereocenters. The van der Waals surface area contributed by atoms with Crippen molar-refractivity contribution in [1.82, 2.24) is 0 Å². The van der Waals surface area contributed by atoms with Crippen molar-refractivity contribution in [3.63, 3.8) is 0 Å². The molecular weight excluding hydrogens is 329 g/mol. The fraction of sp³-hybridized carbons (Fsp3) is 0.200. The second kappa shape index (κ2) is 6.40. The number of alkyl halides is 1. The highest BCUT2D eigenvalue weighted by Gasteiger charge is 2.15. The summed E-state index contributed by atoms with van der Waals surface area (Å²) in [6, 6.07) is 12.4. The molecule has 4 heteroatoms. The van der Waals surface area contributed by atoms with Gasteiger partial charge in [-0.2, -0.15) is 0 Å². The zero-order chi connectivity index (χ0) is 13.8. The molecule has 0 amide bonds. The number of benzene rings is 2. The van der Waals surface area contributed by atoms with Gasteiger partial charge in [0, 0.05) is 22.6 Å². The number of rotatable bonds is 4. The van der Waals surface area contributed by atoms with Crippen LogP contribution in [0.25, 0.3) is 0 Å². The van der Waals surface area contributed by atoms with E-state index < -0.39 is 0 Å². The van der Waals surface area contributed by atoms with Gasteiger partial charge >= 0.3 is 0 Å². The van der Waals surface area contributed by atoms with Gasteiger partial charge in [-0.3, -0.25) is 0 Å². The summed E-state index contributed by atoms with van der Waals surface area (Å²) in [4.78, 5) is 1.93. The van der Waals surface area contributed by atoms with Crippen LogP contribution in [0.1, 0.15) is 12.5 Å². The molecule has 2 aromatic carbocycles. The molecule has 0 aromatic heterocycles. The first-order valence-electron chi connectivity index (χ1n) is 6.03. The van der Waals surface area contributed by atoms with E-state index in [0.29, 0.717) is 22.6 Å². The van der Waals surface area contributed by atoms with E-state index >= 15 is 0 Å². The van der Waals surface area contributed by atoms with Crippen LogP contribution in [-0.2, 0) is 5.33 Å². The van der Waals surface area contributed by atoms with E-state index in [1.807, 2.05) is 36.1 Å². The summed E-state index contributed by atoms with van der Waals surface area (Å²) >= 11 is 9.52. The van der Waals surface area contributed by atoms with Crippen LogP contribution >= 0.6 is 27.5 Å². The summed E-state index contributed by atoms with van der Waals surface area (Å²) < 4.78 is 14.0. The van der Waals surface area contributed by atoms with Crippen LogP contribution in [0.2, 0.25) is 5.02 Å². The highest BCUT2D eigenvalue weighted by atomic mass is 79.9. The molecule has 0 saturated carbocycles. The largest absolute Gasteiger partial charge is 0.339 e. The maximum atomic E-state index is 14.0. The molecule has 0 saturated heterocycles. The number of para-hydroxylation sites is 1. The van der Waals surface area contributed by atoms with E-state index in [0.717, 1.165) is 11.3 Å². The van der Waals surface area contributed by atoms with Gasteiger partial charge in [-0.1, -0.05) is 45.7 Å². The predicted molar refractivity (Wildman–Crippen MR) is 83.2 cm³/mol. The fourth-order valence-electron chi connectivity index (χ4n) is 2.04. The van der Waals surface area contributed by atoms with Crippen LogP contribution in [0.5, 0.6) is 0 Å². The second-order valence-corrected chi connectivity index (χ2v) is 5.10. The minimum atomic E-state index is -0.232. The lowest BCUT2D eigenvalue weighted by atomic mass is 10.1. The third-order valence-electron chi connectivity index (χ3n) is 2.94. The Balaban J connectivity index is 2.54. The van der Waals surface area contributed by atoms with Crippen LogP contribution in [0, 0.1) is 5.82 Å². The Hall–Kier alpha value is -1.06. The van der Waals surface area contributed by atoms with E-state index in [1.165, 1.54) is 6.07 Å². The van der Waals surface area contributed by atoms with Crippen molar-refractivity contribution in [1.29, 1.82) is 0 Å². The van der Waals surface area contributed by atoms with Gasteiger partial charge in [-0.05, 0) is 36.8 Å². The molecule has 0 aliphatic rings. The van der Waals surface area contributed by atoms with Gasteiger partial charge in [0.25, 0.3) is 0 Å². The van der Waals surface area contributed by atoms with E-state index in [4.69, 9.17) is 11.6 Å². The van der Waals surface area contributed by atoms with E-state index in [2.05, 4.69) is 15.9 Å². The Labute approximate surface area is 126 Å². The molecule has 0 aliphatic carbocycles. The molecule has 0 fully saturated rings. The molecule has 0 atom stereocenters. The summed E-state index contributed by atoms with van der Waals surface area (Å²) in [7, 11) is 0. The van der Waals surface area contributed by atoms with Crippen LogP contribution < -0.4 is 4.90 Å². The summed E-state index contributed by atoms with van der Waals surface area (Å²) in [5.74, 6) is -0.232. The number of nitrogens with zero attached hydrogens (tertiary/aromatic N) is 1. The van der Waals surface area contributed by atoms with Crippen molar-refractivity contribution < 1.29 is 4.39 Å². The average molecular weight is 343 g/mol. The predicted octanol–water partition coefficient (Wildman–Crippen LogP) is 5.53. The number of hydrogen-bond acceptors (Lipinski definition) is 1. The van der Waals surface area contributed by atoms with Crippen molar-refractivity contribution in [2.24, 2.45) is 0 Å². The van der Waals surface area contributed by atoms with Gasteiger partial charge in [0.15, 0.2) is 0 Å². The summed E-state index contributed by atoms with van der Waals surface area (Å²) in [6.45, 7) is 2.66. The van der Waals surface area contributed by atoms with Gasteiger partial charge in [0.1, 0.15) is 5.82 Å². The van der Waals surface area contributed by atoms with Crippen LogP contribution in [0.3, 0.4) is 0 Å². The standard InChI is InChI=1S/C15H14BrClFN/c1-2-19(14-6-4-3-5-13(14)18)15-9-12(17)8-7-11(15)10-16/h3-9H,2,10H2,1H3. The first-order valence-corrected chi connectivity index (χ1v) is 7.53. The summed E-state index contributed by atoms with van der Waals surface area (Å²) in [5, 5.41) is 1.35. The Morgan fingerprint density at radius 3 is 2.53 bits per heavy atom. The minimum Gasteiger partial charge on any atom is -0.339 e. The first kappa shape index (κ1) is 14.4. The van der Waals surface area contributed by atoms with Gasteiger partial charge in [-0.25, -0.2) is 4.39 Å². The van der Waals surface area contributed by atoms with Crippen molar-refractivity contribution in [3.8, 4) is 0 Å². The molecule has 0 heterocycles. The molecule has 0 spiro atoms. The zero-order valence-corrected chi connectivity index (χ0v) is 12.9. The lowest BCUT2D eigenvalue weighted by Crippen LogP contribution is -2.18. The Morgan fingerprint density at radius 1 is 1.16 bits per heavy atom. The van der Waals surface area contributed by atoms with Crippen LogP contribution in [0.15, 0.2) is 42.5 Å². The molecule has 0 radical (unpaired) electrons. The zero-order valence-electron chi connectivity index (χ0n) is 10.5. The summed E-state index contributed by atoms with van der Waals surface area (Å²) in [6.07, 6.45) is 0. The molecule has 0 aliphatic heterocycles. The highest BCUT2D eigenvalue weighted by molar-refractivity contribution is 9.08. The average Bonchev–Trinajstić information content (AvgIpc) is 2.42. The number of halogens is 3. The van der Waals surface area contributed by atoms with E-state index in [-0.39, 0.29) is 5.82 Å². The van der Waals surface area contributed by atoms with Crippen LogP contribution in [-0.4, -0.2) is 6.54 Å². The summed E-state index contributed by atoms with van der Waals surface area (Å²) in [5.41, 5.74) is 2.57. The maximum Gasteiger partial charge on any atom is 0.146 e. The third kappa shape index (κ3) is 3.10. The van der Waals surface area contributed by atoms with Gasteiger partial charge in [0.2, 0.25) is 0 Å². The topological polar surface area (TPSA) is 3.24 Å². The quantitative estimate of drug-likeness (QED) is 0.660. The third-order valence-corrected chi connectivity index (χ3v) is 3.78. The lowest BCUT2D eigenvalue weighted by molar-refractivity contribution is 0.625. The fourth-order valence-corrected chi connectivity index (χ4v) is 2.68. The lowest BCUT2D eigenvalue weighted by Gasteiger charge is -2.26. The Kier molecular flexibility index (Phi) is 4.83. The monoisotopic (exact) mass is 341 g/mol. The molecular formula is C15H14BrClFN. The SMILES string of the molecule is CCN(c1ccccc1F)c1cc(Cl)ccc1CBr. The molecule has 19 heavy (non-hydrogen) atoms. The molecule has 2 rings (SSSR count). The molecule has 2 aromatic rings. The molecule has 0 N–H and O–H groups in total. The van der Waals surface area contributed by atoms with Crippen LogP contribution in [0.4, 0.5) is 15.8 Å². The van der Waals surface area contributed by atoms with Gasteiger partial charge in [-0.15, -0.1) is 0 Å². The van der Waals surface area contributed by atoms with E-state index in [1.54, 1.807) is 12.1 Å². The Morgan fingerprint density at radius 2 is 1.89 bits per heavy atom. The molecule has 0 bridgehead atoms. The smallest absolute Gasteiger partial charge is 0.146 e. The van der Waals surface area contributed by atoms with Crippen molar-refractivity contribution in [2.45, 2.75) is 12.3 Å². The second-order valence-electron chi connectivity index (χ2n) is 4.10. The van der Waals surface area contributed by atoms with Gasteiger partial charge < -0.3 is 4.90 Å². The van der Waals surface area contributed by atoms with Crippen molar-refractivity contribution >= 4 is 38.9 Å².